The summed E-state index contributed by atoms with van der Waals surface area (Å²) >= 11 is 0. The minimum atomic E-state index is -0.509. The molecule has 0 spiro atoms. The Kier molecular flexibility index (Phi) is 6.94. The average Bonchev–Trinajstić information content (AvgIpc) is 2.70. The molecule has 2 amide bonds. The molecule has 1 fully saturated rings. The molecule has 0 saturated carbocycles. The van der Waals surface area contributed by atoms with Crippen LogP contribution in [-0.4, -0.2) is 60.0 Å². The van der Waals surface area contributed by atoms with Crippen molar-refractivity contribution in [3.63, 3.8) is 0 Å². The Morgan fingerprint density at radius 1 is 0.964 bits per heavy atom. The number of nitrogens with one attached hydrogen (secondary N) is 2. The van der Waals surface area contributed by atoms with E-state index >= 15 is 0 Å². The Bertz CT molecular complexity index is 791. The van der Waals surface area contributed by atoms with Gasteiger partial charge in [0.15, 0.2) is 0 Å². The monoisotopic (exact) mass is 383 g/mol. The summed E-state index contributed by atoms with van der Waals surface area (Å²) in [6, 6.07) is 16.1. The molecule has 1 heterocycles. The molecule has 2 aromatic rings. The van der Waals surface area contributed by atoms with Crippen molar-refractivity contribution in [2.75, 3.05) is 44.6 Å². The summed E-state index contributed by atoms with van der Waals surface area (Å²) < 4.78 is 0. The highest BCUT2D eigenvalue weighted by molar-refractivity contribution is 5.91. The minimum absolute atomic E-state index is 0.118. The maximum Gasteiger partial charge on any atom is 0.319 e. The number of benzene rings is 2. The van der Waals surface area contributed by atoms with Crippen molar-refractivity contribution < 1.29 is 9.72 Å². The van der Waals surface area contributed by atoms with Crippen molar-refractivity contribution in [2.24, 2.45) is 0 Å². The Hall–Kier alpha value is -2.97. The van der Waals surface area contributed by atoms with Gasteiger partial charge in [-0.3, -0.25) is 19.9 Å². The summed E-state index contributed by atoms with van der Waals surface area (Å²) in [6.45, 7) is 6.12. The number of anilines is 1. The van der Waals surface area contributed by atoms with Crippen molar-refractivity contribution in [3.8, 4) is 0 Å². The van der Waals surface area contributed by atoms with Crippen LogP contribution in [0.3, 0.4) is 0 Å². The van der Waals surface area contributed by atoms with Crippen LogP contribution in [0.2, 0.25) is 0 Å². The number of hydrogen-bond donors (Lipinski definition) is 2. The summed E-state index contributed by atoms with van der Waals surface area (Å²) in [5, 5.41) is 16.3. The summed E-state index contributed by atoms with van der Waals surface area (Å²) in [5.41, 5.74) is 1.40. The van der Waals surface area contributed by atoms with Crippen LogP contribution in [0.4, 0.5) is 16.2 Å². The number of piperazine rings is 1. The molecule has 28 heavy (non-hydrogen) atoms. The molecule has 0 unspecified atom stereocenters. The number of nitrogens with zero attached hydrogens (tertiary/aromatic N) is 3. The van der Waals surface area contributed by atoms with Crippen molar-refractivity contribution in [2.45, 2.75) is 6.54 Å². The van der Waals surface area contributed by atoms with Crippen LogP contribution in [-0.2, 0) is 6.54 Å². The molecule has 2 aromatic carbocycles. The molecule has 8 heteroatoms. The van der Waals surface area contributed by atoms with Crippen LogP contribution in [0.1, 0.15) is 5.56 Å². The number of nitro benzene ring substituents is 1. The van der Waals surface area contributed by atoms with Gasteiger partial charge in [-0.25, -0.2) is 4.79 Å². The fourth-order valence-electron chi connectivity index (χ4n) is 3.25. The lowest BCUT2D eigenvalue weighted by Crippen LogP contribution is -2.48. The zero-order chi connectivity index (χ0) is 19.8. The Morgan fingerprint density at radius 3 is 2.32 bits per heavy atom. The highest BCUT2D eigenvalue weighted by Gasteiger charge is 2.17. The van der Waals surface area contributed by atoms with Crippen molar-refractivity contribution >= 4 is 17.4 Å². The van der Waals surface area contributed by atoms with Crippen LogP contribution in [0.5, 0.6) is 0 Å². The van der Waals surface area contributed by atoms with Gasteiger partial charge in [0.25, 0.3) is 5.69 Å². The standard InChI is InChI=1S/C20H25N5O3/c26-20(22-18-8-4-5-9-19(18)25(27)28)21-10-11-23-12-14-24(15-13-23)16-17-6-2-1-3-7-17/h1-9H,10-16H2,(H2,21,22,26). The second kappa shape index (κ2) is 9.82. The van der Waals surface area contributed by atoms with Gasteiger partial charge < -0.3 is 10.6 Å². The zero-order valence-corrected chi connectivity index (χ0v) is 15.7. The normalized spacial score (nSPS) is 15.1. The third kappa shape index (κ3) is 5.77. The summed E-state index contributed by atoms with van der Waals surface area (Å²) in [7, 11) is 0. The molecular formula is C20H25N5O3. The molecule has 0 bridgehead atoms. The maximum atomic E-state index is 12.0. The van der Waals surface area contributed by atoms with Gasteiger partial charge in [-0.1, -0.05) is 42.5 Å². The molecule has 1 aliphatic rings. The Balaban J connectivity index is 1.36. The van der Waals surface area contributed by atoms with E-state index in [4.69, 9.17) is 0 Å². The molecular weight excluding hydrogens is 358 g/mol. The first-order valence-electron chi connectivity index (χ1n) is 9.39. The lowest BCUT2D eigenvalue weighted by molar-refractivity contribution is -0.383. The van der Waals surface area contributed by atoms with Crippen LogP contribution in [0.15, 0.2) is 54.6 Å². The number of rotatable bonds is 7. The van der Waals surface area contributed by atoms with Gasteiger partial charge >= 0.3 is 6.03 Å². The molecule has 148 valence electrons. The average molecular weight is 383 g/mol. The van der Waals surface area contributed by atoms with E-state index in [0.29, 0.717) is 6.54 Å². The van der Waals surface area contributed by atoms with Gasteiger partial charge in [-0.05, 0) is 11.6 Å². The van der Waals surface area contributed by atoms with Gasteiger partial charge in [0.2, 0.25) is 0 Å². The quantitative estimate of drug-likeness (QED) is 0.566. The number of carbonyl (C=O) groups is 1. The van der Waals surface area contributed by atoms with Crippen LogP contribution < -0.4 is 10.6 Å². The van der Waals surface area contributed by atoms with Gasteiger partial charge in [0, 0.05) is 51.9 Å². The van der Waals surface area contributed by atoms with Crippen LogP contribution >= 0.6 is 0 Å². The predicted molar refractivity (Wildman–Crippen MR) is 108 cm³/mol. The van der Waals surface area contributed by atoms with E-state index in [1.807, 2.05) is 6.07 Å². The van der Waals surface area contributed by atoms with Crippen molar-refractivity contribution in [1.82, 2.24) is 15.1 Å². The van der Waals surface area contributed by atoms with E-state index in [1.54, 1.807) is 12.1 Å². The third-order valence-electron chi connectivity index (χ3n) is 4.78. The highest BCUT2D eigenvalue weighted by Crippen LogP contribution is 2.22. The number of amides is 2. The van der Waals surface area contributed by atoms with Gasteiger partial charge in [-0.2, -0.15) is 0 Å². The Labute approximate surface area is 164 Å². The molecule has 0 aliphatic carbocycles. The lowest BCUT2D eigenvalue weighted by Gasteiger charge is -2.34. The number of nitro groups is 1. The van der Waals surface area contributed by atoms with E-state index in [2.05, 4.69) is 44.7 Å². The minimum Gasteiger partial charge on any atom is -0.337 e. The van der Waals surface area contributed by atoms with Gasteiger partial charge in [0.1, 0.15) is 5.69 Å². The topological polar surface area (TPSA) is 90.8 Å². The third-order valence-corrected chi connectivity index (χ3v) is 4.78. The molecule has 0 atom stereocenters. The fraction of sp³-hybridized carbons (Fsp3) is 0.350. The molecule has 0 radical (unpaired) electrons. The largest absolute Gasteiger partial charge is 0.337 e. The first kappa shape index (κ1) is 19.8. The van der Waals surface area contributed by atoms with E-state index in [-0.39, 0.29) is 11.4 Å². The number of para-hydroxylation sites is 2. The second-order valence-electron chi connectivity index (χ2n) is 6.76. The molecule has 1 saturated heterocycles. The highest BCUT2D eigenvalue weighted by atomic mass is 16.6. The molecule has 8 nitrogen and oxygen atoms in total. The molecule has 0 aromatic heterocycles. The smallest absolute Gasteiger partial charge is 0.319 e. The van der Waals surface area contributed by atoms with Gasteiger partial charge in [0.05, 0.1) is 4.92 Å². The second-order valence-corrected chi connectivity index (χ2v) is 6.76. The van der Waals surface area contributed by atoms with Crippen LogP contribution in [0.25, 0.3) is 0 Å². The first-order chi connectivity index (χ1) is 13.6. The molecule has 1 aliphatic heterocycles. The Morgan fingerprint density at radius 2 is 1.61 bits per heavy atom. The van der Waals surface area contributed by atoms with E-state index in [1.165, 1.54) is 17.7 Å². The lowest BCUT2D eigenvalue weighted by atomic mass is 10.2. The SMILES string of the molecule is O=C(NCCN1CCN(Cc2ccccc2)CC1)Nc1ccccc1[N+](=O)[O-]. The molecule has 3 rings (SSSR count). The number of hydrogen-bond acceptors (Lipinski definition) is 5. The first-order valence-corrected chi connectivity index (χ1v) is 9.39. The predicted octanol–water partition coefficient (Wildman–Crippen LogP) is 2.53. The van der Waals surface area contributed by atoms with Crippen molar-refractivity contribution in [3.05, 3.63) is 70.3 Å². The number of carbonyl (C=O) groups excluding carboxylic acids is 1. The van der Waals surface area contributed by atoms with Crippen LogP contribution in [0, 0.1) is 10.1 Å². The summed E-state index contributed by atoms with van der Waals surface area (Å²) in [4.78, 5) is 27.2. The van der Waals surface area contributed by atoms with E-state index in [0.717, 1.165) is 39.3 Å². The number of urea groups is 1. The molecule has 2 N–H and O–H groups in total. The zero-order valence-electron chi connectivity index (χ0n) is 15.7. The van der Waals surface area contributed by atoms with Crippen molar-refractivity contribution in [1.29, 1.82) is 0 Å². The maximum absolute atomic E-state index is 12.0. The summed E-state index contributed by atoms with van der Waals surface area (Å²) in [5.74, 6) is 0. The van der Waals surface area contributed by atoms with Gasteiger partial charge in [-0.15, -0.1) is 0 Å². The summed E-state index contributed by atoms with van der Waals surface area (Å²) in [6.07, 6.45) is 0. The van der Waals surface area contributed by atoms with E-state index in [9.17, 15) is 14.9 Å². The fourth-order valence-corrected chi connectivity index (χ4v) is 3.25. The van der Waals surface area contributed by atoms with E-state index < -0.39 is 11.0 Å².